The molecule has 0 atom stereocenters. The van der Waals surface area contributed by atoms with Crippen LogP contribution in [0.4, 0.5) is 0 Å². The molecule has 0 heterocycles. The molecule has 0 amide bonds. The van der Waals surface area contributed by atoms with Crippen LogP contribution in [0.2, 0.25) is 0 Å². The molecule has 0 radical (unpaired) electrons. The molecule has 0 saturated carbocycles. The average molecular weight is 237 g/mol. The molecule has 1 rings (SSSR count). The number of rotatable bonds is 2. The summed E-state index contributed by atoms with van der Waals surface area (Å²) in [6.45, 7) is 7.99. The second-order valence-electron chi connectivity index (χ2n) is 3.13. The molecule has 1 aromatic carbocycles. The van der Waals surface area contributed by atoms with Crippen LogP contribution < -0.4 is 0 Å². The van der Waals surface area contributed by atoms with Gasteiger partial charge in [0, 0.05) is 4.47 Å². The lowest BCUT2D eigenvalue weighted by Gasteiger charge is -2.01. The van der Waals surface area contributed by atoms with E-state index in [1.165, 1.54) is 11.1 Å². The zero-order valence-corrected chi connectivity index (χ0v) is 9.56. The van der Waals surface area contributed by atoms with Gasteiger partial charge in [0.1, 0.15) is 0 Å². The molecule has 0 aliphatic rings. The lowest BCUT2D eigenvalue weighted by Crippen LogP contribution is -1.79. The summed E-state index contributed by atoms with van der Waals surface area (Å²) in [5.74, 6) is 0. The van der Waals surface area contributed by atoms with Crippen molar-refractivity contribution in [3.63, 3.8) is 0 Å². The molecule has 0 saturated heterocycles. The van der Waals surface area contributed by atoms with Crippen LogP contribution in [0, 0.1) is 0 Å². The van der Waals surface area contributed by atoms with Crippen LogP contribution in [-0.4, -0.2) is 0 Å². The summed E-state index contributed by atoms with van der Waals surface area (Å²) in [7, 11) is 0. The standard InChI is InChI=1S/C12H13Br/c1-9(2)10(3)8-11-6-4-5-7-12(11)13/h4-8H,1H2,2-3H3. The van der Waals surface area contributed by atoms with Crippen molar-refractivity contribution in [3.8, 4) is 0 Å². The highest BCUT2D eigenvalue weighted by Crippen LogP contribution is 2.20. The zero-order valence-electron chi connectivity index (χ0n) is 7.97. The number of hydrogen-bond donors (Lipinski definition) is 0. The van der Waals surface area contributed by atoms with Gasteiger partial charge in [-0.25, -0.2) is 0 Å². The Morgan fingerprint density at radius 1 is 1.31 bits per heavy atom. The summed E-state index contributed by atoms with van der Waals surface area (Å²) < 4.78 is 1.12. The molecule has 0 aliphatic carbocycles. The molecule has 0 nitrogen and oxygen atoms in total. The van der Waals surface area contributed by atoms with Crippen molar-refractivity contribution in [1.82, 2.24) is 0 Å². The van der Waals surface area contributed by atoms with E-state index in [0.29, 0.717) is 0 Å². The van der Waals surface area contributed by atoms with Crippen LogP contribution >= 0.6 is 15.9 Å². The van der Waals surface area contributed by atoms with Gasteiger partial charge in [-0.05, 0) is 31.1 Å². The maximum atomic E-state index is 3.90. The fourth-order valence-electron chi connectivity index (χ4n) is 0.949. The smallest absolute Gasteiger partial charge is 0.0247 e. The van der Waals surface area contributed by atoms with E-state index in [9.17, 15) is 0 Å². The Kier molecular flexibility index (Phi) is 3.49. The summed E-state index contributed by atoms with van der Waals surface area (Å²) in [5, 5.41) is 0. The molecule has 0 spiro atoms. The van der Waals surface area contributed by atoms with Crippen molar-refractivity contribution in [3.05, 3.63) is 52.0 Å². The van der Waals surface area contributed by atoms with Gasteiger partial charge in [0.25, 0.3) is 0 Å². The van der Waals surface area contributed by atoms with E-state index in [2.05, 4.69) is 41.6 Å². The topological polar surface area (TPSA) is 0 Å². The van der Waals surface area contributed by atoms with Gasteiger partial charge in [-0.1, -0.05) is 52.4 Å². The van der Waals surface area contributed by atoms with Crippen LogP contribution in [-0.2, 0) is 0 Å². The number of benzene rings is 1. The second kappa shape index (κ2) is 4.43. The molecule has 13 heavy (non-hydrogen) atoms. The Labute approximate surface area is 88.1 Å². The normalized spacial score (nSPS) is 11.5. The van der Waals surface area contributed by atoms with Gasteiger partial charge in [0.2, 0.25) is 0 Å². The third-order valence-corrected chi connectivity index (χ3v) is 2.67. The number of allylic oxidation sites excluding steroid dienone is 2. The monoisotopic (exact) mass is 236 g/mol. The molecule has 1 heteroatoms. The van der Waals surface area contributed by atoms with Crippen LogP contribution in [0.3, 0.4) is 0 Å². The molecule has 0 N–H and O–H groups in total. The molecular weight excluding hydrogens is 224 g/mol. The number of halogens is 1. The predicted octanol–water partition coefficient (Wildman–Crippen LogP) is 4.43. The van der Waals surface area contributed by atoms with Crippen molar-refractivity contribution < 1.29 is 0 Å². The number of hydrogen-bond acceptors (Lipinski definition) is 0. The Morgan fingerprint density at radius 2 is 1.92 bits per heavy atom. The van der Waals surface area contributed by atoms with Crippen molar-refractivity contribution in [2.75, 3.05) is 0 Å². The van der Waals surface area contributed by atoms with Crippen molar-refractivity contribution in [1.29, 1.82) is 0 Å². The van der Waals surface area contributed by atoms with E-state index >= 15 is 0 Å². The first-order valence-corrected chi connectivity index (χ1v) is 4.99. The Morgan fingerprint density at radius 3 is 2.46 bits per heavy atom. The van der Waals surface area contributed by atoms with Gasteiger partial charge >= 0.3 is 0 Å². The van der Waals surface area contributed by atoms with E-state index < -0.39 is 0 Å². The minimum absolute atomic E-state index is 1.11. The summed E-state index contributed by atoms with van der Waals surface area (Å²) in [6, 6.07) is 8.16. The maximum absolute atomic E-state index is 3.90. The highest BCUT2D eigenvalue weighted by atomic mass is 79.9. The molecule has 0 unspecified atom stereocenters. The zero-order chi connectivity index (χ0) is 9.84. The van der Waals surface area contributed by atoms with Crippen molar-refractivity contribution >= 4 is 22.0 Å². The van der Waals surface area contributed by atoms with E-state index in [0.717, 1.165) is 10.0 Å². The fourth-order valence-corrected chi connectivity index (χ4v) is 1.35. The molecule has 0 bridgehead atoms. The fraction of sp³-hybridized carbons (Fsp3) is 0.167. The van der Waals surface area contributed by atoms with Gasteiger partial charge in [0.05, 0.1) is 0 Å². The molecule has 0 aliphatic heterocycles. The summed E-state index contributed by atoms with van der Waals surface area (Å²) in [6.07, 6.45) is 2.13. The van der Waals surface area contributed by atoms with E-state index in [4.69, 9.17) is 0 Å². The van der Waals surface area contributed by atoms with Gasteiger partial charge in [-0.3, -0.25) is 0 Å². The summed E-state index contributed by atoms with van der Waals surface area (Å²) in [4.78, 5) is 0. The van der Waals surface area contributed by atoms with Gasteiger partial charge < -0.3 is 0 Å². The molecule has 0 fully saturated rings. The maximum Gasteiger partial charge on any atom is 0.0247 e. The van der Waals surface area contributed by atoms with Crippen LogP contribution in [0.1, 0.15) is 19.4 Å². The summed E-state index contributed by atoms with van der Waals surface area (Å²) in [5.41, 5.74) is 3.52. The highest BCUT2D eigenvalue weighted by molar-refractivity contribution is 9.10. The van der Waals surface area contributed by atoms with Gasteiger partial charge in [-0.2, -0.15) is 0 Å². The lowest BCUT2D eigenvalue weighted by molar-refractivity contribution is 1.38. The Bertz CT molecular complexity index is 348. The van der Waals surface area contributed by atoms with E-state index in [1.807, 2.05) is 25.1 Å². The van der Waals surface area contributed by atoms with Gasteiger partial charge in [0.15, 0.2) is 0 Å². The summed E-state index contributed by atoms with van der Waals surface area (Å²) >= 11 is 3.50. The first-order valence-electron chi connectivity index (χ1n) is 4.20. The third kappa shape index (κ3) is 2.85. The van der Waals surface area contributed by atoms with Crippen molar-refractivity contribution in [2.24, 2.45) is 0 Å². The van der Waals surface area contributed by atoms with Gasteiger partial charge in [-0.15, -0.1) is 0 Å². The van der Waals surface area contributed by atoms with Crippen LogP contribution in [0.5, 0.6) is 0 Å². The predicted molar refractivity (Wildman–Crippen MR) is 62.6 cm³/mol. The quantitative estimate of drug-likeness (QED) is 0.667. The minimum Gasteiger partial charge on any atom is -0.0958 e. The van der Waals surface area contributed by atoms with Crippen LogP contribution in [0.15, 0.2) is 46.5 Å². The highest BCUT2D eigenvalue weighted by Gasteiger charge is 1.95. The largest absolute Gasteiger partial charge is 0.0958 e. The first-order chi connectivity index (χ1) is 6.11. The Hall–Kier alpha value is -0.820. The SMILES string of the molecule is C=C(C)C(C)=Cc1ccccc1Br. The van der Waals surface area contributed by atoms with Crippen molar-refractivity contribution in [2.45, 2.75) is 13.8 Å². The first kappa shape index (κ1) is 10.3. The lowest BCUT2D eigenvalue weighted by atomic mass is 10.1. The molecule has 1 aromatic rings. The molecule has 68 valence electrons. The average Bonchev–Trinajstić information content (AvgIpc) is 2.08. The van der Waals surface area contributed by atoms with E-state index in [1.54, 1.807) is 0 Å². The van der Waals surface area contributed by atoms with E-state index in [-0.39, 0.29) is 0 Å². The second-order valence-corrected chi connectivity index (χ2v) is 3.98. The van der Waals surface area contributed by atoms with Crippen LogP contribution in [0.25, 0.3) is 6.08 Å². The third-order valence-electron chi connectivity index (χ3n) is 1.95. The molecule has 0 aromatic heterocycles. The minimum atomic E-state index is 1.11. The Balaban J connectivity index is 3.04. The molecular formula is C12H13Br.